The van der Waals surface area contributed by atoms with Crippen molar-refractivity contribution in [1.29, 1.82) is 0 Å². The molecule has 1 aliphatic heterocycles. The Kier molecular flexibility index (Phi) is 5.65. The molecular weight excluding hydrogens is 194 g/mol. The zero-order valence-electron chi connectivity index (χ0n) is 9.37. The van der Waals surface area contributed by atoms with Crippen LogP contribution in [0.1, 0.15) is 39.0 Å². The van der Waals surface area contributed by atoms with Gasteiger partial charge >= 0.3 is 5.97 Å². The van der Waals surface area contributed by atoms with Crippen LogP contribution in [-0.2, 0) is 9.53 Å². The van der Waals surface area contributed by atoms with Gasteiger partial charge in [-0.15, -0.1) is 0 Å². The molecule has 0 aromatic carbocycles. The first-order valence-corrected chi connectivity index (χ1v) is 5.79. The summed E-state index contributed by atoms with van der Waals surface area (Å²) in [5.74, 6) is -0.736. The molecule has 4 heteroatoms. The second-order valence-electron chi connectivity index (χ2n) is 4.10. The van der Waals surface area contributed by atoms with Crippen LogP contribution >= 0.6 is 0 Å². The standard InChI is InChI=1S/C11H21NO3/c1-2-3-10-8-9(5-7-15-10)12-6-4-11(13)14/h9-10,12H,2-8H2,1H3,(H,13,14). The summed E-state index contributed by atoms with van der Waals surface area (Å²) in [5, 5.41) is 11.8. The summed E-state index contributed by atoms with van der Waals surface area (Å²) in [6.45, 7) is 3.53. The number of nitrogens with one attached hydrogen (secondary N) is 1. The van der Waals surface area contributed by atoms with Crippen molar-refractivity contribution in [2.75, 3.05) is 13.2 Å². The van der Waals surface area contributed by atoms with Crippen LogP contribution in [0.4, 0.5) is 0 Å². The smallest absolute Gasteiger partial charge is 0.304 e. The first-order chi connectivity index (χ1) is 7.22. The molecule has 2 atom stereocenters. The molecule has 0 aromatic heterocycles. The Morgan fingerprint density at radius 3 is 3.07 bits per heavy atom. The third kappa shape index (κ3) is 5.14. The summed E-state index contributed by atoms with van der Waals surface area (Å²) in [5.41, 5.74) is 0. The van der Waals surface area contributed by atoms with Crippen LogP contribution < -0.4 is 5.32 Å². The van der Waals surface area contributed by atoms with Crippen molar-refractivity contribution in [3.63, 3.8) is 0 Å². The molecule has 1 saturated heterocycles. The number of carboxylic acid groups (broad SMARTS) is 1. The summed E-state index contributed by atoms with van der Waals surface area (Å²) in [6.07, 6.45) is 4.85. The van der Waals surface area contributed by atoms with E-state index in [1.54, 1.807) is 0 Å². The number of hydrogen-bond acceptors (Lipinski definition) is 3. The molecule has 1 heterocycles. The molecule has 0 saturated carbocycles. The molecule has 0 amide bonds. The van der Waals surface area contributed by atoms with Crippen molar-refractivity contribution in [3.05, 3.63) is 0 Å². The van der Waals surface area contributed by atoms with Gasteiger partial charge in [0.05, 0.1) is 12.5 Å². The van der Waals surface area contributed by atoms with Gasteiger partial charge in [-0.1, -0.05) is 13.3 Å². The lowest BCUT2D eigenvalue weighted by Gasteiger charge is -2.30. The van der Waals surface area contributed by atoms with E-state index in [2.05, 4.69) is 12.2 Å². The van der Waals surface area contributed by atoms with Crippen molar-refractivity contribution < 1.29 is 14.6 Å². The van der Waals surface area contributed by atoms with Crippen LogP contribution in [0.25, 0.3) is 0 Å². The van der Waals surface area contributed by atoms with Gasteiger partial charge in [-0.3, -0.25) is 4.79 Å². The molecule has 15 heavy (non-hydrogen) atoms. The van der Waals surface area contributed by atoms with E-state index in [1.165, 1.54) is 0 Å². The van der Waals surface area contributed by atoms with Crippen molar-refractivity contribution in [1.82, 2.24) is 5.32 Å². The van der Waals surface area contributed by atoms with E-state index in [0.717, 1.165) is 32.3 Å². The van der Waals surface area contributed by atoms with Crippen LogP contribution in [-0.4, -0.2) is 36.4 Å². The van der Waals surface area contributed by atoms with Crippen LogP contribution in [0.15, 0.2) is 0 Å². The highest BCUT2D eigenvalue weighted by atomic mass is 16.5. The average Bonchev–Trinajstić information content (AvgIpc) is 2.18. The fourth-order valence-electron chi connectivity index (χ4n) is 1.97. The van der Waals surface area contributed by atoms with Gasteiger partial charge in [-0.05, 0) is 19.3 Å². The third-order valence-corrected chi connectivity index (χ3v) is 2.75. The summed E-state index contributed by atoms with van der Waals surface area (Å²) < 4.78 is 5.62. The molecule has 1 fully saturated rings. The summed E-state index contributed by atoms with van der Waals surface area (Å²) >= 11 is 0. The minimum absolute atomic E-state index is 0.204. The van der Waals surface area contributed by atoms with E-state index in [1.807, 2.05) is 0 Å². The highest BCUT2D eigenvalue weighted by molar-refractivity contribution is 5.66. The predicted octanol–water partition coefficient (Wildman–Crippen LogP) is 1.40. The SMILES string of the molecule is CCCC1CC(NCCC(=O)O)CCO1. The van der Waals surface area contributed by atoms with Crippen molar-refractivity contribution in [2.45, 2.75) is 51.2 Å². The first kappa shape index (κ1) is 12.5. The lowest BCUT2D eigenvalue weighted by atomic mass is 10.00. The lowest BCUT2D eigenvalue weighted by Crippen LogP contribution is -2.39. The van der Waals surface area contributed by atoms with E-state index in [4.69, 9.17) is 9.84 Å². The lowest BCUT2D eigenvalue weighted by molar-refractivity contribution is -0.136. The Morgan fingerprint density at radius 2 is 2.40 bits per heavy atom. The summed E-state index contributed by atoms with van der Waals surface area (Å²) in [7, 11) is 0. The number of carbonyl (C=O) groups is 1. The van der Waals surface area contributed by atoms with E-state index >= 15 is 0 Å². The Labute approximate surface area is 91.0 Å². The number of hydrogen-bond donors (Lipinski definition) is 2. The summed E-state index contributed by atoms with van der Waals surface area (Å²) in [4.78, 5) is 10.3. The molecule has 2 unspecified atom stereocenters. The Morgan fingerprint density at radius 1 is 1.60 bits per heavy atom. The molecule has 4 nitrogen and oxygen atoms in total. The molecule has 1 aliphatic rings. The maximum absolute atomic E-state index is 10.3. The quantitative estimate of drug-likeness (QED) is 0.703. The van der Waals surface area contributed by atoms with Gasteiger partial charge in [0, 0.05) is 19.2 Å². The van der Waals surface area contributed by atoms with Gasteiger partial charge < -0.3 is 15.2 Å². The molecule has 0 bridgehead atoms. The largest absolute Gasteiger partial charge is 0.481 e. The monoisotopic (exact) mass is 215 g/mol. The Hall–Kier alpha value is -0.610. The van der Waals surface area contributed by atoms with E-state index < -0.39 is 5.97 Å². The van der Waals surface area contributed by atoms with Crippen molar-refractivity contribution in [3.8, 4) is 0 Å². The molecule has 0 radical (unpaired) electrons. The van der Waals surface area contributed by atoms with Crippen molar-refractivity contribution in [2.24, 2.45) is 0 Å². The van der Waals surface area contributed by atoms with Crippen LogP contribution in [0.2, 0.25) is 0 Å². The minimum Gasteiger partial charge on any atom is -0.481 e. The maximum atomic E-state index is 10.3. The molecule has 2 N–H and O–H groups in total. The minimum atomic E-state index is -0.736. The Balaban J connectivity index is 2.15. The number of rotatable bonds is 6. The highest BCUT2D eigenvalue weighted by Gasteiger charge is 2.21. The zero-order valence-corrected chi connectivity index (χ0v) is 9.37. The van der Waals surface area contributed by atoms with Gasteiger partial charge in [0.15, 0.2) is 0 Å². The highest BCUT2D eigenvalue weighted by Crippen LogP contribution is 2.17. The zero-order chi connectivity index (χ0) is 11.1. The van der Waals surface area contributed by atoms with Gasteiger partial charge in [0.2, 0.25) is 0 Å². The van der Waals surface area contributed by atoms with Crippen LogP contribution in [0, 0.1) is 0 Å². The van der Waals surface area contributed by atoms with E-state index in [9.17, 15) is 4.79 Å². The van der Waals surface area contributed by atoms with Gasteiger partial charge in [0.1, 0.15) is 0 Å². The molecule has 1 rings (SSSR count). The second kappa shape index (κ2) is 6.80. The van der Waals surface area contributed by atoms with Crippen molar-refractivity contribution >= 4 is 5.97 Å². The fraction of sp³-hybridized carbons (Fsp3) is 0.909. The third-order valence-electron chi connectivity index (χ3n) is 2.75. The molecule has 88 valence electrons. The average molecular weight is 215 g/mol. The molecule has 0 aromatic rings. The number of carboxylic acids is 1. The van der Waals surface area contributed by atoms with Gasteiger partial charge in [0.25, 0.3) is 0 Å². The summed E-state index contributed by atoms with van der Waals surface area (Å²) in [6, 6.07) is 0.439. The van der Waals surface area contributed by atoms with E-state index in [-0.39, 0.29) is 6.42 Å². The maximum Gasteiger partial charge on any atom is 0.304 e. The predicted molar refractivity (Wildman–Crippen MR) is 57.9 cm³/mol. The number of aliphatic carboxylic acids is 1. The molecular formula is C11H21NO3. The van der Waals surface area contributed by atoms with Gasteiger partial charge in [-0.25, -0.2) is 0 Å². The topological polar surface area (TPSA) is 58.6 Å². The molecule has 0 spiro atoms. The number of ether oxygens (including phenoxy) is 1. The van der Waals surface area contributed by atoms with Gasteiger partial charge in [-0.2, -0.15) is 0 Å². The van der Waals surface area contributed by atoms with Crippen LogP contribution in [0.5, 0.6) is 0 Å². The molecule has 0 aliphatic carbocycles. The Bertz CT molecular complexity index is 194. The normalized spacial score (nSPS) is 26.5. The second-order valence-corrected chi connectivity index (χ2v) is 4.10. The fourth-order valence-corrected chi connectivity index (χ4v) is 1.97. The van der Waals surface area contributed by atoms with Crippen LogP contribution in [0.3, 0.4) is 0 Å². The first-order valence-electron chi connectivity index (χ1n) is 5.79. The van der Waals surface area contributed by atoms with E-state index in [0.29, 0.717) is 18.7 Å².